The van der Waals surface area contributed by atoms with Crippen molar-refractivity contribution in [2.24, 2.45) is 0 Å². The van der Waals surface area contributed by atoms with Crippen LogP contribution in [0.4, 0.5) is 34.5 Å². The lowest BCUT2D eigenvalue weighted by Crippen LogP contribution is -2.02. The van der Waals surface area contributed by atoms with Gasteiger partial charge >= 0.3 is 14.5 Å². The lowest BCUT2D eigenvalue weighted by molar-refractivity contribution is 0.366. The summed E-state index contributed by atoms with van der Waals surface area (Å²) in [5, 5.41) is 0. The maximum atomic E-state index is 9.75. The van der Waals surface area contributed by atoms with Crippen LogP contribution in [-0.2, 0) is 0 Å². The van der Waals surface area contributed by atoms with Crippen LogP contribution in [-0.4, -0.2) is 31.9 Å². The largest absolute Gasteiger partial charge is 0.673 e. The average molecular weight is 204 g/mol. The Bertz CT molecular complexity index is 55.1. The lowest BCUT2D eigenvalue weighted by atomic mass is 10.3. The lowest BCUT2D eigenvalue weighted by Gasteiger charge is -1.94. The first-order chi connectivity index (χ1) is 4.00. The summed E-state index contributed by atoms with van der Waals surface area (Å²) in [7, 11) is -12.0. The van der Waals surface area contributed by atoms with E-state index in [4.69, 9.17) is 0 Å². The fraction of sp³-hybridized carbons (Fsp3) is 0. The molecule has 11 heteroatoms. The molecule has 0 nitrogen and oxygen atoms in total. The van der Waals surface area contributed by atoms with Gasteiger partial charge in [-0.05, 0) is 0 Å². The molecule has 11 heavy (non-hydrogen) atoms. The summed E-state index contributed by atoms with van der Waals surface area (Å²) in [6.45, 7) is 0. The van der Waals surface area contributed by atoms with E-state index in [1.54, 1.807) is 0 Å². The van der Waals surface area contributed by atoms with Gasteiger partial charge in [0, 0.05) is 0 Å². The van der Waals surface area contributed by atoms with Gasteiger partial charge in [0.2, 0.25) is 0 Å². The van der Waals surface area contributed by atoms with Gasteiger partial charge in [0.15, 0.2) is 17.4 Å². The highest BCUT2D eigenvalue weighted by atomic mass is 27.0. The Kier molecular flexibility index (Phi) is 8.97. The van der Waals surface area contributed by atoms with Gasteiger partial charge in [0.05, 0.1) is 0 Å². The monoisotopic (exact) mass is 204 g/mol. The van der Waals surface area contributed by atoms with Gasteiger partial charge in [-0.1, -0.05) is 0 Å². The predicted molar refractivity (Wildman–Crippen MR) is 30.3 cm³/mol. The van der Waals surface area contributed by atoms with Crippen molar-refractivity contribution < 1.29 is 34.5 Å². The van der Waals surface area contributed by atoms with E-state index < -0.39 is 14.5 Å². The Morgan fingerprint density at radius 1 is 0.455 bits per heavy atom. The van der Waals surface area contributed by atoms with Gasteiger partial charge < -0.3 is 34.5 Å². The minimum atomic E-state index is -6.00. The highest BCUT2D eigenvalue weighted by Crippen LogP contribution is 2.07. The molecule has 0 heterocycles. The zero-order valence-electron chi connectivity index (χ0n) is 4.18. The van der Waals surface area contributed by atoms with Crippen LogP contribution in [0, 0.1) is 0 Å². The van der Waals surface area contributed by atoms with E-state index in [0.29, 0.717) is 0 Å². The molecule has 0 saturated carbocycles. The van der Waals surface area contributed by atoms with E-state index in [-0.39, 0.29) is 17.4 Å². The quantitative estimate of drug-likeness (QED) is 0.413. The van der Waals surface area contributed by atoms with E-state index in [9.17, 15) is 34.5 Å². The predicted octanol–water partition coefficient (Wildman–Crippen LogP) is 1.42. The van der Waals surface area contributed by atoms with Crippen LogP contribution in [0.15, 0.2) is 0 Å². The van der Waals surface area contributed by atoms with E-state index in [2.05, 4.69) is 0 Å². The smallest absolute Gasteiger partial charge is 0.418 e. The van der Waals surface area contributed by atoms with Crippen molar-refractivity contribution in [3.63, 3.8) is 0 Å². The molecule has 0 bridgehead atoms. The third kappa shape index (κ3) is 63300. The van der Waals surface area contributed by atoms with Gasteiger partial charge in [-0.25, -0.2) is 0 Å². The first-order valence-corrected chi connectivity index (χ1v) is 1.75. The van der Waals surface area contributed by atoms with E-state index in [1.165, 1.54) is 0 Å². The van der Waals surface area contributed by atoms with Crippen molar-refractivity contribution in [1.29, 1.82) is 0 Å². The zero-order valence-corrected chi connectivity index (χ0v) is 4.18. The van der Waals surface area contributed by atoms with Gasteiger partial charge in [-0.2, -0.15) is 0 Å². The summed E-state index contributed by atoms with van der Waals surface area (Å²) in [5.41, 5.74) is 0. The number of hydrogen-bond donors (Lipinski definition) is 0. The Hall–Kier alpha value is 0.102. The second kappa shape index (κ2) is 5.71. The van der Waals surface area contributed by atoms with Gasteiger partial charge in [-0.3, -0.25) is 0 Å². The first kappa shape index (κ1) is 17.3. The molecule has 0 aromatic heterocycles. The van der Waals surface area contributed by atoms with Crippen LogP contribution < -0.4 is 0 Å². The maximum absolute atomic E-state index is 9.75. The van der Waals surface area contributed by atoms with Crippen molar-refractivity contribution in [1.82, 2.24) is 0 Å². The molecule has 0 rings (SSSR count). The van der Waals surface area contributed by atoms with Crippen LogP contribution in [0.5, 0.6) is 0 Å². The molecule has 0 amide bonds. The molecule has 0 aliphatic rings. The molecule has 0 radical (unpaired) electrons. The normalized spacial score (nSPS) is 10.9. The zero-order chi connectivity index (χ0) is 9.00. The van der Waals surface area contributed by atoms with Crippen LogP contribution >= 0.6 is 0 Å². The third-order valence-electron chi connectivity index (χ3n) is 0. The summed E-state index contributed by atoms with van der Waals surface area (Å²) in [6, 6.07) is 0. The summed E-state index contributed by atoms with van der Waals surface area (Å²) in [4.78, 5) is 0. The van der Waals surface area contributed by atoms with Gasteiger partial charge in [-0.15, -0.1) is 0 Å². The summed E-state index contributed by atoms with van der Waals surface area (Å²) in [5.74, 6) is 0. The molecule has 0 N–H and O–H groups in total. The molecular formula is H3AlB2F8-2. The van der Waals surface area contributed by atoms with Gasteiger partial charge in [0.1, 0.15) is 0 Å². The van der Waals surface area contributed by atoms with Crippen LogP contribution in [0.1, 0.15) is 0 Å². The third-order valence-corrected chi connectivity index (χ3v) is 0. The summed E-state index contributed by atoms with van der Waals surface area (Å²) in [6.07, 6.45) is 0. The minimum Gasteiger partial charge on any atom is -0.418 e. The minimum absolute atomic E-state index is 0. The highest BCUT2D eigenvalue weighted by molar-refractivity contribution is 6.50. The van der Waals surface area contributed by atoms with Crippen molar-refractivity contribution in [3.05, 3.63) is 0 Å². The standard InChI is InChI=1S/Al.2BF4.3H/c;2*2-1(3,4)5;;;/q;2*-1;;;. The second-order valence-electron chi connectivity index (χ2n) is 0.990. The Balaban J connectivity index is -0.000000107. The first-order valence-electron chi connectivity index (χ1n) is 1.75. The molecule has 0 aromatic rings. The Morgan fingerprint density at radius 2 is 0.455 bits per heavy atom. The summed E-state index contributed by atoms with van der Waals surface area (Å²) < 4.78 is 78.0. The molecule has 0 unspecified atom stereocenters. The van der Waals surface area contributed by atoms with Crippen LogP contribution in [0.25, 0.3) is 0 Å². The fourth-order valence-corrected chi connectivity index (χ4v) is 0. The van der Waals surface area contributed by atoms with Gasteiger partial charge in [0.25, 0.3) is 0 Å². The van der Waals surface area contributed by atoms with Crippen LogP contribution in [0.2, 0.25) is 0 Å². The molecule has 0 fully saturated rings. The van der Waals surface area contributed by atoms with Crippen molar-refractivity contribution in [2.45, 2.75) is 0 Å². The van der Waals surface area contributed by atoms with Crippen molar-refractivity contribution in [3.8, 4) is 0 Å². The second-order valence-corrected chi connectivity index (χ2v) is 0.990. The molecular weight excluding hydrogens is 201 g/mol. The fourth-order valence-electron chi connectivity index (χ4n) is 0. The van der Waals surface area contributed by atoms with E-state index in [1.807, 2.05) is 0 Å². The Labute approximate surface area is 67.3 Å². The Morgan fingerprint density at radius 3 is 0.455 bits per heavy atom. The van der Waals surface area contributed by atoms with Crippen molar-refractivity contribution in [2.75, 3.05) is 0 Å². The topological polar surface area (TPSA) is 0 Å². The average Bonchev–Trinajstić information content (AvgIpc) is 1.12. The van der Waals surface area contributed by atoms with Crippen molar-refractivity contribution >= 4 is 31.9 Å². The number of rotatable bonds is 0. The molecule has 70 valence electrons. The number of hydrogen-bond acceptors (Lipinski definition) is 0. The molecule has 0 saturated heterocycles. The number of halogens is 8. The SMILES string of the molecule is F[B-](F)(F)F.F[B-](F)(F)F.[AlH3]. The molecule has 0 atom stereocenters. The summed E-state index contributed by atoms with van der Waals surface area (Å²) >= 11 is 0. The molecule has 0 aliphatic heterocycles. The molecule has 0 spiro atoms. The molecule has 0 aromatic carbocycles. The van der Waals surface area contributed by atoms with E-state index in [0.717, 1.165) is 0 Å². The van der Waals surface area contributed by atoms with E-state index >= 15 is 0 Å². The molecule has 0 aliphatic carbocycles. The van der Waals surface area contributed by atoms with Crippen LogP contribution in [0.3, 0.4) is 0 Å². The maximum Gasteiger partial charge on any atom is 0.673 e. The highest BCUT2D eigenvalue weighted by Gasteiger charge is 2.21.